The maximum Gasteiger partial charge on any atom is 0.416 e. The van der Waals surface area contributed by atoms with Crippen molar-refractivity contribution in [3.63, 3.8) is 0 Å². The monoisotopic (exact) mass is 492 g/mol. The van der Waals surface area contributed by atoms with Crippen LogP contribution in [0, 0.1) is 6.92 Å². The molecule has 0 spiro atoms. The van der Waals surface area contributed by atoms with Crippen molar-refractivity contribution in [3.8, 4) is 5.75 Å². The number of hydrogen-bond donors (Lipinski definition) is 2. The number of nitrogens with zero attached hydrogens (tertiary/aromatic N) is 2. The van der Waals surface area contributed by atoms with E-state index in [1.165, 1.54) is 19.2 Å². The average Bonchev–Trinajstić information content (AvgIpc) is 3.02. The van der Waals surface area contributed by atoms with Gasteiger partial charge in [-0.25, -0.2) is 0 Å². The van der Waals surface area contributed by atoms with Gasteiger partial charge in [-0.3, -0.25) is 19.4 Å². The number of benzene rings is 2. The first-order valence-corrected chi connectivity index (χ1v) is 11.5. The van der Waals surface area contributed by atoms with Crippen LogP contribution in [0.1, 0.15) is 23.1 Å². The number of rotatable bonds is 8. The molecule has 0 atom stereocenters. The maximum absolute atomic E-state index is 12.7. The fourth-order valence-corrected chi connectivity index (χ4v) is 3.95. The van der Waals surface area contributed by atoms with Crippen LogP contribution in [0.25, 0.3) is 0 Å². The Hall–Kier alpha value is -3.11. The molecule has 1 heterocycles. The second kappa shape index (κ2) is 12.0. The summed E-state index contributed by atoms with van der Waals surface area (Å²) in [6.07, 6.45) is -3.50. The summed E-state index contributed by atoms with van der Waals surface area (Å²) in [6.45, 7) is 5.36. The lowest BCUT2D eigenvalue weighted by Crippen LogP contribution is -2.41. The number of anilines is 1. The average molecular weight is 493 g/mol. The highest BCUT2D eigenvalue weighted by Gasteiger charge is 2.30. The molecule has 2 aromatic rings. The van der Waals surface area contributed by atoms with Crippen LogP contribution in [-0.2, 0) is 22.3 Å². The van der Waals surface area contributed by atoms with Gasteiger partial charge in [-0.05, 0) is 61.8 Å². The van der Waals surface area contributed by atoms with E-state index in [0.717, 1.165) is 42.8 Å². The molecular formula is C25H31F3N4O3. The predicted molar refractivity (Wildman–Crippen MR) is 127 cm³/mol. The highest BCUT2D eigenvalue weighted by Crippen LogP contribution is 2.29. The fraction of sp³-hybridized carbons (Fsp3) is 0.440. The largest absolute Gasteiger partial charge is 0.495 e. The summed E-state index contributed by atoms with van der Waals surface area (Å²) in [5.41, 5.74) is 1.69. The minimum Gasteiger partial charge on any atom is -0.495 e. The number of ether oxygens (including phenoxy) is 1. The summed E-state index contributed by atoms with van der Waals surface area (Å²) in [5, 5.41) is 5.40. The third-order valence-electron chi connectivity index (χ3n) is 5.81. The summed E-state index contributed by atoms with van der Waals surface area (Å²) in [7, 11) is 1.52. The molecule has 1 aliphatic rings. The van der Waals surface area contributed by atoms with Crippen LogP contribution < -0.4 is 15.4 Å². The Morgan fingerprint density at radius 1 is 0.971 bits per heavy atom. The second-order valence-electron chi connectivity index (χ2n) is 8.63. The topological polar surface area (TPSA) is 73.9 Å². The van der Waals surface area contributed by atoms with E-state index in [4.69, 9.17) is 4.74 Å². The van der Waals surface area contributed by atoms with Gasteiger partial charge in [0, 0.05) is 19.6 Å². The lowest BCUT2D eigenvalue weighted by atomic mass is 10.1. The molecule has 35 heavy (non-hydrogen) atoms. The van der Waals surface area contributed by atoms with Crippen molar-refractivity contribution in [1.29, 1.82) is 0 Å². The van der Waals surface area contributed by atoms with E-state index in [-0.39, 0.29) is 24.9 Å². The van der Waals surface area contributed by atoms with E-state index in [1.807, 2.05) is 17.9 Å². The van der Waals surface area contributed by atoms with Gasteiger partial charge in [-0.15, -0.1) is 0 Å². The lowest BCUT2D eigenvalue weighted by molar-refractivity contribution is -0.137. The van der Waals surface area contributed by atoms with Crippen LogP contribution in [0.4, 0.5) is 18.9 Å². The van der Waals surface area contributed by atoms with E-state index in [9.17, 15) is 22.8 Å². The van der Waals surface area contributed by atoms with Crippen molar-refractivity contribution in [2.75, 3.05) is 51.7 Å². The Labute approximate surface area is 203 Å². The second-order valence-corrected chi connectivity index (χ2v) is 8.63. The first-order valence-electron chi connectivity index (χ1n) is 11.5. The van der Waals surface area contributed by atoms with Gasteiger partial charge >= 0.3 is 6.18 Å². The quantitative estimate of drug-likeness (QED) is 0.592. The van der Waals surface area contributed by atoms with Crippen LogP contribution in [0.2, 0.25) is 0 Å². The third kappa shape index (κ3) is 8.25. The van der Waals surface area contributed by atoms with Gasteiger partial charge in [0.15, 0.2) is 0 Å². The minimum atomic E-state index is -4.34. The van der Waals surface area contributed by atoms with Crippen LogP contribution in [0.3, 0.4) is 0 Å². The van der Waals surface area contributed by atoms with Gasteiger partial charge in [-0.1, -0.05) is 18.2 Å². The molecule has 0 unspecified atom stereocenters. The summed E-state index contributed by atoms with van der Waals surface area (Å²) in [4.78, 5) is 28.8. The van der Waals surface area contributed by atoms with Crippen LogP contribution >= 0.6 is 0 Å². The molecule has 0 radical (unpaired) electrons. The van der Waals surface area contributed by atoms with Crippen LogP contribution in [-0.4, -0.2) is 68.0 Å². The number of carbonyl (C=O) groups is 2. The standard InChI is InChI=1S/C25H31F3N4O3/c1-18-4-9-22(35-2)21(14-18)30-23(33)15-29-24(34)17-32-11-3-10-31(12-13-32)16-19-5-7-20(8-6-19)25(26,27)28/h4-9,14H,3,10-13,15-17H2,1-2H3,(H,29,34)(H,30,33). The molecule has 7 nitrogen and oxygen atoms in total. The van der Waals surface area contributed by atoms with E-state index in [0.29, 0.717) is 31.1 Å². The summed E-state index contributed by atoms with van der Waals surface area (Å²) >= 11 is 0. The molecule has 2 aromatic carbocycles. The van der Waals surface area contributed by atoms with Gasteiger partial charge in [0.1, 0.15) is 5.75 Å². The SMILES string of the molecule is COc1ccc(C)cc1NC(=O)CNC(=O)CN1CCCN(Cc2ccc(C(F)(F)F)cc2)CC1. The maximum atomic E-state index is 12.7. The highest BCUT2D eigenvalue weighted by molar-refractivity contribution is 5.96. The third-order valence-corrected chi connectivity index (χ3v) is 5.81. The van der Waals surface area contributed by atoms with Crippen molar-refractivity contribution in [1.82, 2.24) is 15.1 Å². The minimum absolute atomic E-state index is 0.149. The van der Waals surface area contributed by atoms with E-state index < -0.39 is 11.7 Å². The van der Waals surface area contributed by atoms with Crippen molar-refractivity contribution in [2.24, 2.45) is 0 Å². The number of hydrogen-bond acceptors (Lipinski definition) is 5. The van der Waals surface area contributed by atoms with Crippen LogP contribution in [0.15, 0.2) is 42.5 Å². The Bertz CT molecular complexity index is 1010. The molecule has 10 heteroatoms. The number of methoxy groups -OCH3 is 1. The molecule has 2 N–H and O–H groups in total. The first-order chi connectivity index (χ1) is 16.6. The zero-order valence-corrected chi connectivity index (χ0v) is 20.0. The van der Waals surface area contributed by atoms with Gasteiger partial charge in [0.05, 0.1) is 31.5 Å². The number of aryl methyl sites for hydroxylation is 1. The van der Waals surface area contributed by atoms with Crippen molar-refractivity contribution >= 4 is 17.5 Å². The van der Waals surface area contributed by atoms with E-state index in [2.05, 4.69) is 15.5 Å². The summed E-state index contributed by atoms with van der Waals surface area (Å²) < 4.78 is 43.5. The molecule has 1 aliphatic heterocycles. The highest BCUT2D eigenvalue weighted by atomic mass is 19.4. The predicted octanol–water partition coefficient (Wildman–Crippen LogP) is 3.29. The van der Waals surface area contributed by atoms with Gasteiger partial charge in [0.25, 0.3) is 0 Å². The number of amides is 2. The zero-order valence-electron chi connectivity index (χ0n) is 20.0. The molecule has 2 amide bonds. The van der Waals surface area contributed by atoms with Crippen molar-refractivity contribution in [2.45, 2.75) is 26.1 Å². The molecular weight excluding hydrogens is 461 g/mol. The summed E-state index contributed by atoms with van der Waals surface area (Å²) in [6, 6.07) is 10.7. The molecule has 1 fully saturated rings. The molecule has 1 saturated heterocycles. The number of alkyl halides is 3. The first kappa shape index (κ1) is 26.5. The molecule has 0 saturated carbocycles. The van der Waals surface area contributed by atoms with Crippen molar-refractivity contribution in [3.05, 3.63) is 59.2 Å². The Balaban J connectivity index is 1.41. The lowest BCUT2D eigenvalue weighted by Gasteiger charge is -2.21. The molecule has 3 rings (SSSR count). The number of nitrogens with one attached hydrogen (secondary N) is 2. The van der Waals surface area contributed by atoms with Gasteiger partial charge < -0.3 is 15.4 Å². The Morgan fingerprint density at radius 2 is 1.66 bits per heavy atom. The molecule has 190 valence electrons. The molecule has 0 aromatic heterocycles. The zero-order chi connectivity index (χ0) is 25.4. The van der Waals surface area contributed by atoms with Crippen LogP contribution in [0.5, 0.6) is 5.75 Å². The Kier molecular flexibility index (Phi) is 9.11. The van der Waals surface area contributed by atoms with Gasteiger partial charge in [-0.2, -0.15) is 13.2 Å². The Morgan fingerprint density at radius 3 is 2.34 bits per heavy atom. The number of halogens is 3. The molecule has 0 bridgehead atoms. The van der Waals surface area contributed by atoms with Crippen molar-refractivity contribution < 1.29 is 27.5 Å². The summed E-state index contributed by atoms with van der Waals surface area (Å²) in [5.74, 6) is -0.0472. The fourth-order valence-electron chi connectivity index (χ4n) is 3.95. The normalized spacial score (nSPS) is 15.3. The molecule has 0 aliphatic carbocycles. The van der Waals surface area contributed by atoms with E-state index in [1.54, 1.807) is 12.1 Å². The van der Waals surface area contributed by atoms with Gasteiger partial charge in [0.2, 0.25) is 11.8 Å². The smallest absolute Gasteiger partial charge is 0.416 e. The number of carbonyl (C=O) groups excluding carboxylic acids is 2. The van der Waals surface area contributed by atoms with E-state index >= 15 is 0 Å².